The molecule has 0 unspecified atom stereocenters. The van der Waals surface area contributed by atoms with Gasteiger partial charge in [0.25, 0.3) is 5.92 Å². The minimum atomic E-state index is -2.48. The minimum absolute atomic E-state index is 0.000972. The Bertz CT molecular complexity index is 237. The Morgan fingerprint density at radius 1 is 1.50 bits per heavy atom. The molecule has 0 aromatic carbocycles. The molecule has 0 saturated carbocycles. The first-order valence-electron chi connectivity index (χ1n) is 4.21. The number of rotatable bonds is 0. The summed E-state index contributed by atoms with van der Waals surface area (Å²) in [7, 11) is 0. The molecule has 0 aliphatic carbocycles. The highest BCUT2D eigenvalue weighted by Gasteiger charge is 2.54. The molecular formula is C9H13F2N. The Morgan fingerprint density at radius 3 is 2.75 bits per heavy atom. The molecule has 3 heteroatoms. The first kappa shape index (κ1) is 8.17. The lowest BCUT2D eigenvalue weighted by atomic mass is 9.94. The summed E-state index contributed by atoms with van der Waals surface area (Å²) in [6.45, 7) is 6.33. The van der Waals surface area contributed by atoms with Gasteiger partial charge in [0.05, 0.1) is 6.54 Å². The van der Waals surface area contributed by atoms with Crippen molar-refractivity contribution in [1.82, 2.24) is 4.90 Å². The smallest absolute Gasteiger partial charge is 0.262 e. The van der Waals surface area contributed by atoms with Crippen molar-refractivity contribution >= 4 is 0 Å². The molecule has 2 rings (SSSR count). The third-order valence-electron chi connectivity index (χ3n) is 2.87. The van der Waals surface area contributed by atoms with Crippen molar-refractivity contribution in [2.45, 2.75) is 31.2 Å². The summed E-state index contributed by atoms with van der Waals surface area (Å²) in [5.41, 5.74) is 0.786. The molecule has 0 aromatic heterocycles. The van der Waals surface area contributed by atoms with Gasteiger partial charge < -0.3 is 0 Å². The predicted molar refractivity (Wildman–Crippen MR) is 43.3 cm³/mol. The fourth-order valence-electron chi connectivity index (χ4n) is 2.48. The largest absolute Gasteiger partial charge is 0.288 e. The zero-order valence-corrected chi connectivity index (χ0v) is 7.24. The van der Waals surface area contributed by atoms with Crippen LogP contribution in [-0.2, 0) is 0 Å². The second-order valence-electron chi connectivity index (χ2n) is 4.31. The van der Waals surface area contributed by atoms with E-state index in [9.17, 15) is 8.78 Å². The van der Waals surface area contributed by atoms with Crippen LogP contribution in [0.5, 0.6) is 0 Å². The van der Waals surface area contributed by atoms with Crippen LogP contribution < -0.4 is 0 Å². The number of halogens is 2. The molecule has 2 heterocycles. The Morgan fingerprint density at radius 2 is 2.17 bits per heavy atom. The highest BCUT2D eigenvalue weighted by Crippen LogP contribution is 2.46. The van der Waals surface area contributed by atoms with E-state index in [1.54, 1.807) is 0 Å². The Balaban J connectivity index is 2.22. The average Bonchev–Trinajstić information content (AvgIpc) is 2.11. The van der Waals surface area contributed by atoms with Crippen LogP contribution in [0.4, 0.5) is 8.78 Å². The van der Waals surface area contributed by atoms with Crippen LogP contribution in [0.2, 0.25) is 0 Å². The molecule has 2 saturated heterocycles. The molecule has 68 valence electrons. The number of fused-ring (bicyclic) bond motifs is 1. The number of alkyl halides is 2. The zero-order valence-electron chi connectivity index (χ0n) is 7.24. The van der Waals surface area contributed by atoms with Crippen molar-refractivity contribution < 1.29 is 8.78 Å². The van der Waals surface area contributed by atoms with Crippen molar-refractivity contribution in [2.24, 2.45) is 0 Å². The Labute approximate surface area is 71.0 Å². The third kappa shape index (κ3) is 1.07. The van der Waals surface area contributed by atoms with Gasteiger partial charge in [0.1, 0.15) is 0 Å². The maximum absolute atomic E-state index is 13.0. The molecule has 0 N–H and O–H groups in total. The normalized spacial score (nSPS) is 40.4. The van der Waals surface area contributed by atoms with Gasteiger partial charge in [-0.3, -0.25) is 4.90 Å². The first-order chi connectivity index (χ1) is 5.41. The topological polar surface area (TPSA) is 3.24 Å². The predicted octanol–water partition coefficient (Wildman–Crippen LogP) is 2.05. The van der Waals surface area contributed by atoms with Crippen LogP contribution in [-0.4, -0.2) is 29.5 Å². The van der Waals surface area contributed by atoms with Gasteiger partial charge in [-0.15, -0.1) is 0 Å². The van der Waals surface area contributed by atoms with Gasteiger partial charge in [0.2, 0.25) is 0 Å². The molecule has 0 spiro atoms. The van der Waals surface area contributed by atoms with E-state index in [4.69, 9.17) is 0 Å². The lowest BCUT2D eigenvalue weighted by Crippen LogP contribution is -2.34. The third-order valence-corrected chi connectivity index (χ3v) is 2.87. The maximum atomic E-state index is 13.0. The van der Waals surface area contributed by atoms with E-state index in [1.807, 2.05) is 11.8 Å². The number of hydrogen-bond donors (Lipinski definition) is 0. The molecule has 0 radical (unpaired) electrons. The Hall–Kier alpha value is -0.440. The van der Waals surface area contributed by atoms with Crippen LogP contribution in [0.25, 0.3) is 0 Å². The second kappa shape index (κ2) is 2.08. The van der Waals surface area contributed by atoms with E-state index in [1.165, 1.54) is 0 Å². The summed E-state index contributed by atoms with van der Waals surface area (Å²) in [6.07, 6.45) is 0.738. The Kier molecular flexibility index (Phi) is 1.41. The fraction of sp³-hybridized carbons (Fsp3) is 0.778. The highest BCUT2D eigenvalue weighted by atomic mass is 19.3. The van der Waals surface area contributed by atoms with Crippen LogP contribution in [0.3, 0.4) is 0 Å². The fourth-order valence-corrected chi connectivity index (χ4v) is 2.48. The maximum Gasteiger partial charge on any atom is 0.262 e. The minimum Gasteiger partial charge on any atom is -0.288 e. The van der Waals surface area contributed by atoms with Crippen LogP contribution in [0.1, 0.15) is 19.8 Å². The van der Waals surface area contributed by atoms with Gasteiger partial charge >= 0.3 is 0 Å². The van der Waals surface area contributed by atoms with Crippen LogP contribution in [0.15, 0.2) is 12.2 Å². The highest BCUT2D eigenvalue weighted by molar-refractivity contribution is 5.18. The standard InChI is InChI=1S/C9H13F2N/c1-7-3-8(2)5-9(10,11)6-12(8)4-7/h1,3-6H2,2H3/t8-/m1/s1. The summed E-state index contributed by atoms with van der Waals surface area (Å²) in [6, 6.07) is 0. The van der Waals surface area contributed by atoms with Gasteiger partial charge in [-0.05, 0) is 13.3 Å². The van der Waals surface area contributed by atoms with Crippen molar-refractivity contribution in [3.8, 4) is 0 Å². The molecule has 12 heavy (non-hydrogen) atoms. The van der Waals surface area contributed by atoms with Crippen molar-refractivity contribution in [2.75, 3.05) is 13.1 Å². The quantitative estimate of drug-likeness (QED) is 0.507. The molecule has 0 aromatic rings. The van der Waals surface area contributed by atoms with Gasteiger partial charge in [0, 0.05) is 18.5 Å². The van der Waals surface area contributed by atoms with Crippen LogP contribution in [0, 0.1) is 0 Å². The molecular weight excluding hydrogens is 160 g/mol. The monoisotopic (exact) mass is 173 g/mol. The second-order valence-corrected chi connectivity index (χ2v) is 4.31. The molecule has 2 fully saturated rings. The molecule has 1 nitrogen and oxygen atoms in total. The molecule has 0 amide bonds. The summed E-state index contributed by atoms with van der Waals surface area (Å²) < 4.78 is 25.9. The van der Waals surface area contributed by atoms with E-state index >= 15 is 0 Å². The molecule has 2 aliphatic rings. The van der Waals surface area contributed by atoms with E-state index in [-0.39, 0.29) is 18.5 Å². The molecule has 2 aliphatic heterocycles. The lowest BCUT2D eigenvalue weighted by Gasteiger charge is -2.24. The molecule has 1 atom stereocenters. The van der Waals surface area contributed by atoms with Crippen molar-refractivity contribution in [3.05, 3.63) is 12.2 Å². The first-order valence-corrected chi connectivity index (χ1v) is 4.21. The van der Waals surface area contributed by atoms with Crippen LogP contribution >= 0.6 is 0 Å². The van der Waals surface area contributed by atoms with E-state index in [0.29, 0.717) is 6.54 Å². The lowest BCUT2D eigenvalue weighted by molar-refractivity contribution is 0.0110. The number of hydrogen-bond acceptors (Lipinski definition) is 1. The average molecular weight is 173 g/mol. The van der Waals surface area contributed by atoms with Gasteiger partial charge in [-0.2, -0.15) is 0 Å². The van der Waals surface area contributed by atoms with E-state index < -0.39 is 5.92 Å². The summed E-state index contributed by atoms with van der Waals surface area (Å²) in [5.74, 6) is -2.48. The summed E-state index contributed by atoms with van der Waals surface area (Å²) >= 11 is 0. The van der Waals surface area contributed by atoms with E-state index in [2.05, 4.69) is 6.58 Å². The summed E-state index contributed by atoms with van der Waals surface area (Å²) in [5, 5.41) is 0. The van der Waals surface area contributed by atoms with Gasteiger partial charge in [-0.1, -0.05) is 12.2 Å². The van der Waals surface area contributed by atoms with E-state index in [0.717, 1.165) is 12.0 Å². The SMILES string of the molecule is C=C1CN2CC(F)(F)C[C@@]2(C)C1. The van der Waals surface area contributed by atoms with Gasteiger partial charge in [0.15, 0.2) is 0 Å². The van der Waals surface area contributed by atoms with Crippen molar-refractivity contribution in [1.29, 1.82) is 0 Å². The summed E-state index contributed by atoms with van der Waals surface area (Å²) in [4.78, 5) is 1.86. The number of nitrogens with zero attached hydrogens (tertiary/aromatic N) is 1. The van der Waals surface area contributed by atoms with Gasteiger partial charge in [-0.25, -0.2) is 8.78 Å². The molecule has 0 bridgehead atoms. The van der Waals surface area contributed by atoms with Crippen molar-refractivity contribution in [3.63, 3.8) is 0 Å². The zero-order chi connectivity index (χ0) is 8.98.